The lowest BCUT2D eigenvalue weighted by molar-refractivity contribution is -0.0115. The van der Waals surface area contributed by atoms with Gasteiger partial charge in [-0.25, -0.2) is 9.59 Å². The molecule has 47 heavy (non-hydrogen) atoms. The molecule has 258 valence electrons. The topological polar surface area (TPSA) is 151 Å². The summed E-state index contributed by atoms with van der Waals surface area (Å²) in [7, 11) is 1.70. The molecule has 0 aliphatic carbocycles. The number of hydrogen-bond donors (Lipinski definition) is 4. The van der Waals surface area contributed by atoms with E-state index in [9.17, 15) is 19.5 Å². The van der Waals surface area contributed by atoms with E-state index in [0.29, 0.717) is 35.2 Å². The second kappa shape index (κ2) is 16.6. The average molecular weight is 656 g/mol. The molecule has 0 radical (unpaired) electrons. The summed E-state index contributed by atoms with van der Waals surface area (Å²) < 4.78 is 23.4. The standard InChI is InChI=1S/C34H49N5O8/c1-21(2)35-33(42)36-25-10-12-28-27(15-25)32(41)39(23(4)19-40)17-22(3)31(44-14-8-7-9-24(5)47-28)18-38(6)34(43)37-26-11-13-29-30(16-26)46-20-45-29/h10-13,15-16,21-24,31,40H,7-9,14,17-20H2,1-6H3,(H,37,43)(H2,35,36,42)/t22-,23+,24-,31-/m1/s1. The van der Waals surface area contributed by atoms with Crippen LogP contribution in [0.1, 0.15) is 64.2 Å². The van der Waals surface area contributed by atoms with Gasteiger partial charge in [-0.15, -0.1) is 0 Å². The summed E-state index contributed by atoms with van der Waals surface area (Å²) in [6.07, 6.45) is 1.78. The molecule has 4 rings (SSSR count). The SMILES string of the molecule is CC(C)NC(=O)Nc1ccc2c(c1)C(=O)N([C@@H](C)CO)C[C@@H](C)[C@@H](CN(C)C(=O)Nc1ccc3c(c1)OCO3)OCCCC[C@@H](C)O2. The number of ether oxygens (including phenoxy) is 4. The van der Waals surface area contributed by atoms with Crippen molar-refractivity contribution < 1.29 is 38.4 Å². The highest BCUT2D eigenvalue weighted by Gasteiger charge is 2.31. The van der Waals surface area contributed by atoms with E-state index in [1.807, 2.05) is 27.7 Å². The van der Waals surface area contributed by atoms with Crippen LogP contribution in [0, 0.1) is 5.92 Å². The highest BCUT2D eigenvalue weighted by atomic mass is 16.7. The first-order valence-corrected chi connectivity index (χ1v) is 16.3. The van der Waals surface area contributed by atoms with Gasteiger partial charge in [-0.2, -0.15) is 0 Å². The fourth-order valence-electron chi connectivity index (χ4n) is 5.44. The zero-order valence-corrected chi connectivity index (χ0v) is 28.2. The van der Waals surface area contributed by atoms with Crippen molar-refractivity contribution >= 4 is 29.3 Å². The molecule has 2 aromatic rings. The third kappa shape index (κ3) is 9.88. The molecule has 0 fully saturated rings. The van der Waals surface area contributed by atoms with Crippen LogP contribution in [-0.2, 0) is 4.74 Å². The van der Waals surface area contributed by atoms with Crippen molar-refractivity contribution in [2.45, 2.75) is 78.2 Å². The molecule has 0 aromatic heterocycles. The number of rotatable bonds is 7. The number of nitrogens with zero attached hydrogens (tertiary/aromatic N) is 2. The number of urea groups is 2. The first kappa shape index (κ1) is 35.6. The van der Waals surface area contributed by atoms with E-state index in [2.05, 4.69) is 16.0 Å². The van der Waals surface area contributed by atoms with Crippen molar-refractivity contribution in [2.75, 3.05) is 50.8 Å². The monoisotopic (exact) mass is 655 g/mol. The minimum Gasteiger partial charge on any atom is -0.490 e. The van der Waals surface area contributed by atoms with Gasteiger partial charge in [-0.1, -0.05) is 6.92 Å². The molecular formula is C34H49N5O8. The summed E-state index contributed by atoms with van der Waals surface area (Å²) in [6, 6.07) is 8.93. The Balaban J connectivity index is 1.56. The normalized spacial score (nSPS) is 20.8. The Labute approximate surface area is 276 Å². The first-order valence-electron chi connectivity index (χ1n) is 16.3. The lowest BCUT2D eigenvalue weighted by atomic mass is 10.0. The number of nitrogens with one attached hydrogen (secondary N) is 3. The Bertz CT molecular complexity index is 1390. The van der Waals surface area contributed by atoms with Crippen molar-refractivity contribution in [3.8, 4) is 17.2 Å². The number of benzene rings is 2. The van der Waals surface area contributed by atoms with Crippen molar-refractivity contribution in [3.63, 3.8) is 0 Å². The summed E-state index contributed by atoms with van der Waals surface area (Å²) in [5.74, 6) is 1.03. The highest BCUT2D eigenvalue weighted by Crippen LogP contribution is 2.34. The molecule has 0 bridgehead atoms. The van der Waals surface area contributed by atoms with Crippen molar-refractivity contribution in [1.82, 2.24) is 15.1 Å². The van der Waals surface area contributed by atoms with Crippen LogP contribution in [-0.4, -0.2) is 97.3 Å². The summed E-state index contributed by atoms with van der Waals surface area (Å²) in [6.45, 7) is 10.3. The quantitative estimate of drug-likeness (QED) is 0.329. The molecule has 0 saturated carbocycles. The van der Waals surface area contributed by atoms with Crippen molar-refractivity contribution in [2.24, 2.45) is 5.92 Å². The van der Waals surface area contributed by atoms with Gasteiger partial charge in [0.05, 0.1) is 30.4 Å². The van der Waals surface area contributed by atoms with Crippen molar-refractivity contribution in [1.29, 1.82) is 0 Å². The third-order valence-electron chi connectivity index (χ3n) is 8.15. The molecule has 13 heteroatoms. The van der Waals surface area contributed by atoms with Gasteiger partial charge in [0.1, 0.15) is 5.75 Å². The number of amides is 5. The summed E-state index contributed by atoms with van der Waals surface area (Å²) >= 11 is 0. The molecule has 2 heterocycles. The third-order valence-corrected chi connectivity index (χ3v) is 8.15. The van der Waals surface area contributed by atoms with Crippen LogP contribution in [0.2, 0.25) is 0 Å². The molecule has 2 aromatic carbocycles. The van der Waals surface area contributed by atoms with Gasteiger partial charge < -0.3 is 49.8 Å². The number of hydrogen-bond acceptors (Lipinski definition) is 8. The zero-order chi connectivity index (χ0) is 34.1. The van der Waals surface area contributed by atoms with Crippen LogP contribution < -0.4 is 30.2 Å². The van der Waals surface area contributed by atoms with E-state index < -0.39 is 12.1 Å². The molecule has 2 aliphatic rings. The lowest BCUT2D eigenvalue weighted by Gasteiger charge is -2.35. The molecule has 5 amide bonds. The smallest absolute Gasteiger partial charge is 0.321 e. The molecular weight excluding hydrogens is 606 g/mol. The Morgan fingerprint density at radius 1 is 1.00 bits per heavy atom. The van der Waals surface area contributed by atoms with E-state index in [1.165, 1.54) is 0 Å². The van der Waals surface area contributed by atoms with Crippen LogP contribution in [0.4, 0.5) is 21.0 Å². The molecule has 0 spiro atoms. The summed E-state index contributed by atoms with van der Waals surface area (Å²) in [5, 5.41) is 18.7. The molecule has 4 atom stereocenters. The minimum absolute atomic E-state index is 0.0653. The van der Waals surface area contributed by atoms with E-state index in [-0.39, 0.29) is 68.1 Å². The van der Waals surface area contributed by atoms with Gasteiger partial charge in [-0.3, -0.25) is 4.79 Å². The van der Waals surface area contributed by atoms with Crippen LogP contribution in [0.15, 0.2) is 36.4 Å². The maximum atomic E-state index is 14.3. The van der Waals surface area contributed by atoms with Crippen LogP contribution in [0.25, 0.3) is 0 Å². The van der Waals surface area contributed by atoms with Gasteiger partial charge in [0, 0.05) is 56.1 Å². The maximum Gasteiger partial charge on any atom is 0.321 e. The number of aliphatic hydroxyl groups excluding tert-OH is 1. The number of likely N-dealkylation sites (N-methyl/N-ethyl adjacent to an activating group) is 1. The van der Waals surface area contributed by atoms with E-state index in [4.69, 9.17) is 18.9 Å². The number of carbonyl (C=O) groups excluding carboxylic acids is 3. The van der Waals surface area contributed by atoms with Crippen LogP contribution in [0.3, 0.4) is 0 Å². The van der Waals surface area contributed by atoms with Crippen LogP contribution in [0.5, 0.6) is 17.2 Å². The van der Waals surface area contributed by atoms with Crippen molar-refractivity contribution in [3.05, 3.63) is 42.0 Å². The lowest BCUT2D eigenvalue weighted by Crippen LogP contribution is -2.48. The van der Waals surface area contributed by atoms with Gasteiger partial charge in [0.15, 0.2) is 11.5 Å². The molecule has 4 N–H and O–H groups in total. The first-order chi connectivity index (χ1) is 22.4. The fraction of sp³-hybridized carbons (Fsp3) is 0.559. The number of carbonyl (C=O) groups is 3. The fourth-order valence-corrected chi connectivity index (χ4v) is 5.44. The molecule has 0 unspecified atom stereocenters. The number of aliphatic hydroxyl groups is 1. The van der Waals surface area contributed by atoms with E-state index in [1.54, 1.807) is 60.2 Å². The Kier molecular flexibility index (Phi) is 12.5. The summed E-state index contributed by atoms with van der Waals surface area (Å²) in [5.41, 5.74) is 1.29. The summed E-state index contributed by atoms with van der Waals surface area (Å²) in [4.78, 5) is 43.1. The van der Waals surface area contributed by atoms with Crippen LogP contribution >= 0.6 is 0 Å². The van der Waals surface area contributed by atoms with Gasteiger partial charge >= 0.3 is 12.1 Å². The Morgan fingerprint density at radius 2 is 1.70 bits per heavy atom. The van der Waals surface area contributed by atoms with E-state index >= 15 is 0 Å². The minimum atomic E-state index is -0.531. The largest absolute Gasteiger partial charge is 0.490 e. The molecule has 13 nitrogen and oxygen atoms in total. The predicted molar refractivity (Wildman–Crippen MR) is 178 cm³/mol. The number of anilines is 2. The van der Waals surface area contributed by atoms with Gasteiger partial charge in [0.25, 0.3) is 5.91 Å². The zero-order valence-electron chi connectivity index (χ0n) is 28.2. The predicted octanol–water partition coefficient (Wildman–Crippen LogP) is 4.90. The second-order valence-electron chi connectivity index (χ2n) is 12.6. The Morgan fingerprint density at radius 3 is 2.43 bits per heavy atom. The second-order valence-corrected chi connectivity index (χ2v) is 12.6. The van der Waals surface area contributed by atoms with E-state index in [0.717, 1.165) is 19.3 Å². The highest BCUT2D eigenvalue weighted by molar-refractivity contribution is 5.99. The van der Waals surface area contributed by atoms with Gasteiger partial charge in [-0.05, 0) is 77.3 Å². The molecule has 2 aliphatic heterocycles. The maximum absolute atomic E-state index is 14.3. The van der Waals surface area contributed by atoms with Gasteiger partial charge in [0.2, 0.25) is 6.79 Å². The average Bonchev–Trinajstić information content (AvgIpc) is 3.50. The Hall–Kier alpha value is -4.23. The number of fused-ring (bicyclic) bond motifs is 2. The molecule has 0 saturated heterocycles.